The molecule has 0 fully saturated rings. The van der Waals surface area contributed by atoms with Crippen LogP contribution in [0.5, 0.6) is 5.75 Å². The van der Waals surface area contributed by atoms with Crippen molar-refractivity contribution in [3.8, 4) is 5.75 Å². The number of aryl methyl sites for hydroxylation is 1. The topological polar surface area (TPSA) is 83.8 Å². The normalized spacial score (nSPS) is 10.6. The second-order valence-corrected chi connectivity index (χ2v) is 6.96. The first-order valence-electron chi connectivity index (χ1n) is 9.18. The molecular weight excluding hydrogens is 368 g/mol. The summed E-state index contributed by atoms with van der Waals surface area (Å²) in [6, 6.07) is 18.2. The van der Waals surface area contributed by atoms with E-state index >= 15 is 0 Å². The number of carbonyl (C=O) groups is 2. The molecule has 5 nitrogen and oxygen atoms in total. The molecule has 0 aromatic heterocycles. The predicted octanol–water partition coefficient (Wildman–Crippen LogP) is 4.58. The standard InChI is InChI=1S/C24H22O5/c1-15-3-5-16(6-4-15)11-18-13-19(12-17-7-9-20(29-2)10-8-17)22(24(27)28)14-21(18)23(25)26/h3-10,13-14H,11-12H2,1-2H3,(H,25,26)(H,27,28). The van der Waals surface area contributed by atoms with Gasteiger partial charge in [0.05, 0.1) is 18.2 Å². The highest BCUT2D eigenvalue weighted by atomic mass is 16.5. The van der Waals surface area contributed by atoms with Crippen molar-refractivity contribution in [2.75, 3.05) is 7.11 Å². The average molecular weight is 390 g/mol. The molecular formula is C24H22O5. The number of carboxylic acids is 2. The van der Waals surface area contributed by atoms with E-state index in [-0.39, 0.29) is 11.1 Å². The van der Waals surface area contributed by atoms with Crippen LogP contribution in [0.25, 0.3) is 0 Å². The number of hydrogen-bond donors (Lipinski definition) is 2. The molecule has 0 aliphatic rings. The zero-order valence-corrected chi connectivity index (χ0v) is 16.3. The Morgan fingerprint density at radius 1 is 0.759 bits per heavy atom. The molecule has 3 rings (SSSR count). The zero-order valence-electron chi connectivity index (χ0n) is 16.3. The van der Waals surface area contributed by atoms with Crippen molar-refractivity contribution < 1.29 is 24.5 Å². The summed E-state index contributed by atoms with van der Waals surface area (Å²) < 4.78 is 5.16. The minimum absolute atomic E-state index is 0.00544. The van der Waals surface area contributed by atoms with Crippen molar-refractivity contribution in [2.45, 2.75) is 19.8 Å². The molecule has 2 N–H and O–H groups in total. The second-order valence-electron chi connectivity index (χ2n) is 6.96. The van der Waals surface area contributed by atoms with E-state index in [0.717, 1.165) is 16.7 Å². The van der Waals surface area contributed by atoms with Gasteiger partial charge in [-0.05, 0) is 60.2 Å². The predicted molar refractivity (Wildman–Crippen MR) is 110 cm³/mol. The monoisotopic (exact) mass is 390 g/mol. The summed E-state index contributed by atoms with van der Waals surface area (Å²) in [6.45, 7) is 1.99. The third-order valence-corrected chi connectivity index (χ3v) is 4.86. The molecule has 0 aliphatic carbocycles. The third kappa shape index (κ3) is 4.82. The van der Waals surface area contributed by atoms with Gasteiger partial charge in [0.2, 0.25) is 0 Å². The number of ether oxygens (including phenoxy) is 1. The van der Waals surface area contributed by atoms with Crippen LogP contribution in [0, 0.1) is 6.92 Å². The van der Waals surface area contributed by atoms with Crippen LogP contribution in [-0.4, -0.2) is 29.3 Å². The minimum Gasteiger partial charge on any atom is -0.497 e. The molecule has 0 atom stereocenters. The van der Waals surface area contributed by atoms with Gasteiger partial charge in [-0.1, -0.05) is 48.0 Å². The fourth-order valence-corrected chi connectivity index (χ4v) is 3.28. The van der Waals surface area contributed by atoms with Gasteiger partial charge >= 0.3 is 11.9 Å². The summed E-state index contributed by atoms with van der Waals surface area (Å²) in [5, 5.41) is 19.3. The number of benzene rings is 3. The van der Waals surface area contributed by atoms with Crippen molar-refractivity contribution in [2.24, 2.45) is 0 Å². The molecule has 0 heterocycles. The van der Waals surface area contributed by atoms with E-state index in [4.69, 9.17) is 4.74 Å². The van der Waals surface area contributed by atoms with Gasteiger partial charge in [-0.25, -0.2) is 9.59 Å². The van der Waals surface area contributed by atoms with E-state index in [0.29, 0.717) is 29.7 Å². The molecule has 0 saturated carbocycles. The maximum absolute atomic E-state index is 11.8. The van der Waals surface area contributed by atoms with Gasteiger partial charge < -0.3 is 14.9 Å². The lowest BCUT2D eigenvalue weighted by Gasteiger charge is -2.13. The lowest BCUT2D eigenvalue weighted by atomic mass is 9.91. The molecule has 0 unspecified atom stereocenters. The van der Waals surface area contributed by atoms with Crippen molar-refractivity contribution in [3.63, 3.8) is 0 Å². The van der Waals surface area contributed by atoms with Crippen molar-refractivity contribution >= 4 is 11.9 Å². The smallest absolute Gasteiger partial charge is 0.336 e. The lowest BCUT2D eigenvalue weighted by Crippen LogP contribution is -2.11. The summed E-state index contributed by atoms with van der Waals surface area (Å²) >= 11 is 0. The number of aromatic carboxylic acids is 2. The Bertz CT molecular complexity index is 1030. The van der Waals surface area contributed by atoms with Gasteiger partial charge in [-0.2, -0.15) is 0 Å². The highest BCUT2D eigenvalue weighted by molar-refractivity contribution is 5.96. The highest BCUT2D eigenvalue weighted by Crippen LogP contribution is 2.24. The summed E-state index contributed by atoms with van der Waals surface area (Å²) in [7, 11) is 1.58. The first-order valence-corrected chi connectivity index (χ1v) is 9.18. The Morgan fingerprint density at radius 2 is 1.21 bits per heavy atom. The van der Waals surface area contributed by atoms with E-state index < -0.39 is 11.9 Å². The first kappa shape index (κ1) is 20.1. The summed E-state index contributed by atoms with van der Waals surface area (Å²) in [5.74, 6) is -1.56. The fraction of sp³-hybridized carbons (Fsp3) is 0.167. The summed E-state index contributed by atoms with van der Waals surface area (Å²) in [6.07, 6.45) is 0.795. The zero-order chi connectivity index (χ0) is 21.0. The molecule has 29 heavy (non-hydrogen) atoms. The number of carboxylic acid groups (broad SMARTS) is 2. The van der Waals surface area contributed by atoms with Crippen LogP contribution in [-0.2, 0) is 12.8 Å². The van der Waals surface area contributed by atoms with Crippen LogP contribution in [0.2, 0.25) is 0 Å². The van der Waals surface area contributed by atoms with Gasteiger partial charge in [-0.15, -0.1) is 0 Å². The Morgan fingerprint density at radius 3 is 1.62 bits per heavy atom. The molecule has 3 aromatic carbocycles. The largest absolute Gasteiger partial charge is 0.497 e. The van der Waals surface area contributed by atoms with Crippen molar-refractivity contribution in [1.29, 1.82) is 0 Å². The minimum atomic E-state index is -1.14. The van der Waals surface area contributed by atoms with Gasteiger partial charge in [0.1, 0.15) is 5.75 Å². The molecule has 0 amide bonds. The molecule has 0 radical (unpaired) electrons. The third-order valence-electron chi connectivity index (χ3n) is 4.86. The Kier molecular flexibility index (Phi) is 5.98. The number of hydrogen-bond acceptors (Lipinski definition) is 3. The second kappa shape index (κ2) is 8.61. The molecule has 5 heteroatoms. The van der Waals surface area contributed by atoms with Gasteiger partial charge in [0, 0.05) is 0 Å². The Balaban J connectivity index is 2.04. The molecule has 0 bridgehead atoms. The van der Waals surface area contributed by atoms with Gasteiger partial charge in [0.25, 0.3) is 0 Å². The maximum Gasteiger partial charge on any atom is 0.336 e. The van der Waals surface area contributed by atoms with Gasteiger partial charge in [0.15, 0.2) is 0 Å². The molecule has 0 saturated heterocycles. The van der Waals surface area contributed by atoms with E-state index in [1.165, 1.54) is 6.07 Å². The van der Waals surface area contributed by atoms with E-state index in [2.05, 4.69) is 0 Å². The Hall–Kier alpha value is -3.60. The SMILES string of the molecule is COc1ccc(Cc2cc(Cc3ccc(C)cc3)c(C(=O)O)cc2C(=O)O)cc1. The first-order chi connectivity index (χ1) is 13.9. The molecule has 148 valence electrons. The van der Waals surface area contributed by atoms with Crippen LogP contribution in [0.3, 0.4) is 0 Å². The van der Waals surface area contributed by atoms with E-state index in [1.54, 1.807) is 13.2 Å². The van der Waals surface area contributed by atoms with E-state index in [9.17, 15) is 19.8 Å². The summed E-state index contributed by atoms with van der Waals surface area (Å²) in [4.78, 5) is 23.6. The highest BCUT2D eigenvalue weighted by Gasteiger charge is 2.19. The molecule has 0 aliphatic heterocycles. The van der Waals surface area contributed by atoms with Crippen LogP contribution >= 0.6 is 0 Å². The summed E-state index contributed by atoms with van der Waals surface area (Å²) in [5.41, 5.74) is 4.19. The van der Waals surface area contributed by atoms with Crippen molar-refractivity contribution in [3.05, 3.63) is 99.6 Å². The van der Waals surface area contributed by atoms with Crippen LogP contribution < -0.4 is 4.74 Å². The van der Waals surface area contributed by atoms with Crippen LogP contribution in [0.15, 0.2) is 60.7 Å². The molecule has 3 aromatic rings. The quantitative estimate of drug-likeness (QED) is 0.617. The number of methoxy groups -OCH3 is 1. The fourth-order valence-electron chi connectivity index (χ4n) is 3.28. The van der Waals surface area contributed by atoms with Crippen LogP contribution in [0.1, 0.15) is 48.5 Å². The Labute approximate surface area is 169 Å². The van der Waals surface area contributed by atoms with Crippen LogP contribution in [0.4, 0.5) is 0 Å². The number of rotatable bonds is 7. The lowest BCUT2D eigenvalue weighted by molar-refractivity contribution is 0.0695. The maximum atomic E-state index is 11.8. The van der Waals surface area contributed by atoms with Gasteiger partial charge in [-0.3, -0.25) is 0 Å². The van der Waals surface area contributed by atoms with E-state index in [1.807, 2.05) is 55.5 Å². The molecule has 0 spiro atoms. The average Bonchev–Trinajstić information content (AvgIpc) is 2.70. The van der Waals surface area contributed by atoms with Crippen molar-refractivity contribution in [1.82, 2.24) is 0 Å².